The van der Waals surface area contributed by atoms with Crippen LogP contribution in [0.2, 0.25) is 0 Å². The number of carbonyl (C=O) groups is 2. The molecule has 0 aliphatic carbocycles. The number of aromatic hydroxyl groups is 1. The topological polar surface area (TPSA) is 98.1 Å². The van der Waals surface area contributed by atoms with Gasteiger partial charge in [0.25, 0.3) is 0 Å². The zero-order valence-corrected chi connectivity index (χ0v) is 10.2. The second kappa shape index (κ2) is 6.14. The Morgan fingerprint density at radius 2 is 1.79 bits per heavy atom. The van der Waals surface area contributed by atoms with Crippen LogP contribution in [0.15, 0.2) is 18.2 Å². The molecule has 0 heterocycles. The Morgan fingerprint density at radius 3 is 2.21 bits per heavy atom. The van der Waals surface area contributed by atoms with Gasteiger partial charge in [0.1, 0.15) is 11.6 Å². The highest BCUT2D eigenvalue weighted by Crippen LogP contribution is 2.28. The number of phenols is 1. The van der Waals surface area contributed by atoms with Crippen LogP contribution in [0, 0.1) is 5.82 Å². The molecule has 3 N–H and O–H groups in total. The summed E-state index contributed by atoms with van der Waals surface area (Å²) in [5.74, 6) is -3.34. The zero-order valence-electron chi connectivity index (χ0n) is 10.2. The molecule has 0 radical (unpaired) electrons. The molecular formula is C12H14FNO5. The van der Waals surface area contributed by atoms with Gasteiger partial charge in [-0.25, -0.2) is 4.39 Å². The maximum absolute atomic E-state index is 12.9. The fourth-order valence-corrected chi connectivity index (χ4v) is 1.74. The first-order chi connectivity index (χ1) is 8.81. The number of nitrogens with zero attached hydrogens (tertiary/aromatic N) is 1. The average Bonchev–Trinajstić information content (AvgIpc) is 2.26. The molecule has 0 aliphatic rings. The summed E-state index contributed by atoms with van der Waals surface area (Å²) in [5, 5.41) is 27.1. The van der Waals surface area contributed by atoms with Gasteiger partial charge in [-0.3, -0.25) is 14.5 Å². The first-order valence-corrected chi connectivity index (χ1v) is 5.47. The minimum atomic E-state index is -1.19. The molecule has 0 amide bonds. The lowest BCUT2D eigenvalue weighted by Crippen LogP contribution is -2.36. The van der Waals surface area contributed by atoms with Crippen LogP contribution < -0.4 is 0 Å². The van der Waals surface area contributed by atoms with E-state index in [1.807, 2.05) is 0 Å². The Hall–Kier alpha value is -2.15. The second-order valence-corrected chi connectivity index (χ2v) is 4.07. The molecule has 0 saturated carbocycles. The largest absolute Gasteiger partial charge is 0.508 e. The Balaban J connectivity index is 3.00. The summed E-state index contributed by atoms with van der Waals surface area (Å²) < 4.78 is 12.9. The molecule has 19 heavy (non-hydrogen) atoms. The molecule has 0 aromatic heterocycles. The highest BCUT2D eigenvalue weighted by molar-refractivity contribution is 5.72. The van der Waals surface area contributed by atoms with E-state index in [0.717, 1.165) is 17.0 Å². The highest BCUT2D eigenvalue weighted by Gasteiger charge is 2.23. The third-order valence-electron chi connectivity index (χ3n) is 2.67. The monoisotopic (exact) mass is 271 g/mol. The number of carboxylic acid groups (broad SMARTS) is 2. The molecule has 6 nitrogen and oxygen atoms in total. The van der Waals surface area contributed by atoms with Crippen molar-refractivity contribution >= 4 is 11.9 Å². The van der Waals surface area contributed by atoms with Gasteiger partial charge in [-0.2, -0.15) is 0 Å². The van der Waals surface area contributed by atoms with Gasteiger partial charge in [-0.05, 0) is 13.0 Å². The van der Waals surface area contributed by atoms with E-state index >= 15 is 0 Å². The van der Waals surface area contributed by atoms with Gasteiger partial charge < -0.3 is 15.3 Å². The van der Waals surface area contributed by atoms with Gasteiger partial charge in [-0.15, -0.1) is 0 Å². The molecular weight excluding hydrogens is 257 g/mol. The summed E-state index contributed by atoms with van der Waals surface area (Å²) in [6.07, 6.45) is 0. The molecule has 0 bridgehead atoms. The number of halogens is 1. The van der Waals surface area contributed by atoms with Crippen LogP contribution in [0.1, 0.15) is 18.5 Å². The Labute approximate surface area is 108 Å². The number of hydrogen-bond acceptors (Lipinski definition) is 4. The number of aliphatic carboxylic acids is 2. The SMILES string of the molecule is CC(c1ccc(F)cc1O)N(CC(=O)O)CC(=O)O. The van der Waals surface area contributed by atoms with E-state index in [1.165, 1.54) is 6.07 Å². The maximum Gasteiger partial charge on any atom is 0.317 e. The van der Waals surface area contributed by atoms with E-state index in [2.05, 4.69) is 0 Å². The number of benzene rings is 1. The third kappa shape index (κ3) is 4.22. The molecule has 1 aromatic carbocycles. The predicted molar refractivity (Wildman–Crippen MR) is 63.3 cm³/mol. The van der Waals surface area contributed by atoms with E-state index in [-0.39, 0.29) is 11.3 Å². The van der Waals surface area contributed by atoms with Crippen molar-refractivity contribution in [1.82, 2.24) is 4.90 Å². The van der Waals surface area contributed by atoms with Crippen LogP contribution in [0.4, 0.5) is 4.39 Å². The van der Waals surface area contributed by atoms with Crippen molar-refractivity contribution in [2.24, 2.45) is 0 Å². The molecule has 0 fully saturated rings. The fourth-order valence-electron chi connectivity index (χ4n) is 1.74. The van der Waals surface area contributed by atoms with Crippen LogP contribution in [0.3, 0.4) is 0 Å². The molecule has 0 saturated heterocycles. The smallest absolute Gasteiger partial charge is 0.317 e. The maximum atomic E-state index is 12.9. The van der Waals surface area contributed by atoms with Gasteiger partial charge in [-0.1, -0.05) is 6.07 Å². The lowest BCUT2D eigenvalue weighted by molar-refractivity contribution is -0.142. The minimum absolute atomic E-state index is 0.268. The van der Waals surface area contributed by atoms with E-state index < -0.39 is 36.9 Å². The molecule has 0 aliphatic heterocycles. The van der Waals surface area contributed by atoms with E-state index in [1.54, 1.807) is 6.92 Å². The Kier molecular flexibility index (Phi) is 4.82. The summed E-state index contributed by atoms with van der Waals surface area (Å²) in [5.41, 5.74) is 0.268. The van der Waals surface area contributed by atoms with Gasteiger partial charge in [0, 0.05) is 17.7 Å². The molecule has 7 heteroatoms. The van der Waals surface area contributed by atoms with Crippen molar-refractivity contribution in [2.75, 3.05) is 13.1 Å². The summed E-state index contributed by atoms with van der Waals surface area (Å²) in [6.45, 7) is 0.549. The number of phenolic OH excluding ortho intramolecular Hbond substituents is 1. The number of rotatable bonds is 6. The van der Waals surface area contributed by atoms with Crippen molar-refractivity contribution in [3.05, 3.63) is 29.6 Å². The molecule has 1 atom stereocenters. The van der Waals surface area contributed by atoms with E-state index in [0.29, 0.717) is 0 Å². The Bertz CT molecular complexity index is 475. The van der Waals surface area contributed by atoms with Crippen molar-refractivity contribution in [3.63, 3.8) is 0 Å². The highest BCUT2D eigenvalue weighted by atomic mass is 19.1. The van der Waals surface area contributed by atoms with Crippen LogP contribution >= 0.6 is 0 Å². The standard InChI is InChI=1S/C12H14FNO5/c1-7(9-3-2-8(13)4-10(9)15)14(5-11(16)17)6-12(18)19/h2-4,7,15H,5-6H2,1H3,(H,16,17)(H,18,19). The fraction of sp³-hybridized carbons (Fsp3) is 0.333. The first kappa shape index (κ1) is 14.9. The van der Waals surface area contributed by atoms with E-state index in [4.69, 9.17) is 10.2 Å². The van der Waals surface area contributed by atoms with Crippen molar-refractivity contribution in [1.29, 1.82) is 0 Å². The van der Waals surface area contributed by atoms with Crippen LogP contribution in [0.5, 0.6) is 5.75 Å². The van der Waals surface area contributed by atoms with Gasteiger partial charge in [0.15, 0.2) is 0 Å². The van der Waals surface area contributed by atoms with Crippen LogP contribution in [-0.2, 0) is 9.59 Å². The molecule has 1 aromatic rings. The quantitative estimate of drug-likeness (QED) is 0.715. The molecule has 0 spiro atoms. The Morgan fingerprint density at radius 1 is 1.26 bits per heavy atom. The van der Waals surface area contributed by atoms with Crippen LogP contribution in [0.25, 0.3) is 0 Å². The molecule has 1 rings (SSSR count). The van der Waals surface area contributed by atoms with Crippen molar-refractivity contribution in [3.8, 4) is 5.75 Å². The van der Waals surface area contributed by atoms with Gasteiger partial charge >= 0.3 is 11.9 Å². The summed E-state index contributed by atoms with van der Waals surface area (Å²) in [6, 6.07) is 2.64. The van der Waals surface area contributed by atoms with Crippen LogP contribution in [-0.4, -0.2) is 45.2 Å². The minimum Gasteiger partial charge on any atom is -0.508 e. The van der Waals surface area contributed by atoms with Crippen molar-refractivity contribution < 1.29 is 29.3 Å². The number of hydrogen-bond donors (Lipinski definition) is 3. The van der Waals surface area contributed by atoms with E-state index in [9.17, 15) is 19.1 Å². The lowest BCUT2D eigenvalue weighted by atomic mass is 10.1. The second-order valence-electron chi connectivity index (χ2n) is 4.07. The van der Waals surface area contributed by atoms with Crippen molar-refractivity contribution in [2.45, 2.75) is 13.0 Å². The molecule has 104 valence electrons. The normalized spacial score (nSPS) is 12.4. The summed E-state index contributed by atoms with van der Waals surface area (Å²) in [7, 11) is 0. The summed E-state index contributed by atoms with van der Waals surface area (Å²) in [4.78, 5) is 22.6. The average molecular weight is 271 g/mol. The zero-order chi connectivity index (χ0) is 14.6. The lowest BCUT2D eigenvalue weighted by Gasteiger charge is -2.26. The van der Waals surface area contributed by atoms with Gasteiger partial charge in [0.05, 0.1) is 13.1 Å². The first-order valence-electron chi connectivity index (χ1n) is 5.47. The predicted octanol–water partition coefficient (Wildman–Crippen LogP) is 1.06. The summed E-state index contributed by atoms with van der Waals surface area (Å²) >= 11 is 0. The number of carboxylic acids is 2. The van der Waals surface area contributed by atoms with Gasteiger partial charge in [0.2, 0.25) is 0 Å². The third-order valence-corrected chi connectivity index (χ3v) is 2.67. The molecule has 1 unspecified atom stereocenters.